The lowest BCUT2D eigenvalue weighted by Gasteiger charge is -2.05. The Morgan fingerprint density at radius 1 is 0.893 bits per heavy atom. The Kier molecular flexibility index (Phi) is 11.0. The van der Waals surface area contributed by atoms with Gasteiger partial charge in [0.25, 0.3) is 10.1 Å². The first kappa shape index (κ1) is 23.7. The number of rotatable bonds is 10. The van der Waals surface area contributed by atoms with E-state index in [9.17, 15) is 8.42 Å². The van der Waals surface area contributed by atoms with Crippen LogP contribution < -0.4 is 9.47 Å². The maximum atomic E-state index is 10.7. The standard InChI is InChI=1S/C9H13NO5S.C8H11NO3/c1-13-7-14-9-4-3-8(10-5-9)6-15-16(2,11)12;1-11-6-12-8-3-2-7(5-10)9-4-8/h3-5H,6-7H2,1-2H3;2-4,10H,5-6H2,1H3. The van der Waals surface area contributed by atoms with Gasteiger partial charge in [-0.15, -0.1) is 0 Å². The zero-order valence-corrected chi connectivity index (χ0v) is 16.7. The zero-order valence-electron chi connectivity index (χ0n) is 15.9. The molecule has 11 heteroatoms. The second kappa shape index (κ2) is 13.0. The first-order valence-electron chi connectivity index (χ1n) is 7.96. The minimum atomic E-state index is -3.44. The molecule has 156 valence electrons. The second-order valence-electron chi connectivity index (χ2n) is 5.20. The molecule has 0 saturated carbocycles. The highest BCUT2D eigenvalue weighted by molar-refractivity contribution is 7.85. The van der Waals surface area contributed by atoms with Crippen molar-refractivity contribution in [3.05, 3.63) is 48.0 Å². The van der Waals surface area contributed by atoms with E-state index < -0.39 is 10.1 Å². The number of aliphatic hydroxyl groups is 1. The maximum absolute atomic E-state index is 10.7. The molecule has 2 heterocycles. The van der Waals surface area contributed by atoms with Gasteiger partial charge >= 0.3 is 0 Å². The topological polar surface area (TPSA) is 126 Å². The number of methoxy groups -OCH3 is 2. The fraction of sp³-hybridized carbons (Fsp3) is 0.412. The summed E-state index contributed by atoms with van der Waals surface area (Å²) in [5.41, 5.74) is 1.13. The summed E-state index contributed by atoms with van der Waals surface area (Å²) in [6.07, 6.45) is 4.01. The van der Waals surface area contributed by atoms with E-state index in [0.717, 1.165) is 6.26 Å². The van der Waals surface area contributed by atoms with Crippen LogP contribution in [0.2, 0.25) is 0 Å². The van der Waals surface area contributed by atoms with Gasteiger partial charge in [-0.3, -0.25) is 14.2 Å². The fourth-order valence-electron chi connectivity index (χ4n) is 1.59. The van der Waals surface area contributed by atoms with Crippen molar-refractivity contribution in [1.82, 2.24) is 9.97 Å². The molecule has 0 unspecified atom stereocenters. The number of aromatic nitrogens is 2. The minimum Gasteiger partial charge on any atom is -0.466 e. The molecule has 0 aromatic carbocycles. The van der Waals surface area contributed by atoms with Crippen LogP contribution in [0.5, 0.6) is 11.5 Å². The highest BCUT2D eigenvalue weighted by atomic mass is 32.2. The Hall–Kier alpha value is -2.31. The van der Waals surface area contributed by atoms with Gasteiger partial charge in [0.05, 0.1) is 36.6 Å². The van der Waals surface area contributed by atoms with Gasteiger partial charge < -0.3 is 24.1 Å². The van der Waals surface area contributed by atoms with Gasteiger partial charge in [-0.25, -0.2) is 0 Å². The average molecular weight is 416 g/mol. The van der Waals surface area contributed by atoms with E-state index in [1.54, 1.807) is 37.6 Å². The Labute approximate surface area is 164 Å². The summed E-state index contributed by atoms with van der Waals surface area (Å²) < 4.78 is 45.6. The van der Waals surface area contributed by atoms with Crippen molar-refractivity contribution < 1.29 is 36.7 Å². The number of aliphatic hydroxyl groups excluding tert-OH is 1. The molecule has 0 radical (unpaired) electrons. The fourth-order valence-corrected chi connectivity index (χ4v) is 1.93. The van der Waals surface area contributed by atoms with E-state index in [1.807, 2.05) is 0 Å². The molecule has 2 aromatic heterocycles. The van der Waals surface area contributed by atoms with E-state index in [1.165, 1.54) is 13.3 Å². The van der Waals surface area contributed by atoms with E-state index in [0.29, 0.717) is 22.9 Å². The molecule has 1 N–H and O–H groups in total. The third-order valence-corrected chi connectivity index (χ3v) is 3.41. The number of ether oxygens (including phenoxy) is 4. The molecule has 0 saturated heterocycles. The minimum absolute atomic E-state index is 0.0510. The molecule has 0 fully saturated rings. The smallest absolute Gasteiger partial charge is 0.264 e. The van der Waals surface area contributed by atoms with Crippen molar-refractivity contribution in [1.29, 1.82) is 0 Å². The Morgan fingerprint density at radius 2 is 1.39 bits per heavy atom. The third-order valence-electron chi connectivity index (χ3n) is 2.86. The van der Waals surface area contributed by atoms with Crippen LogP contribution in [0.1, 0.15) is 11.4 Å². The molecule has 0 bridgehead atoms. The summed E-state index contributed by atoms with van der Waals surface area (Å²) in [4.78, 5) is 7.88. The van der Waals surface area contributed by atoms with Crippen LogP contribution in [0, 0.1) is 0 Å². The van der Waals surface area contributed by atoms with Gasteiger partial charge in [0.1, 0.15) is 18.1 Å². The Bertz CT molecular complexity index is 767. The molecule has 0 aliphatic rings. The van der Waals surface area contributed by atoms with Crippen LogP contribution >= 0.6 is 0 Å². The largest absolute Gasteiger partial charge is 0.466 e. The maximum Gasteiger partial charge on any atom is 0.264 e. The third kappa shape index (κ3) is 10.7. The molecular formula is C17H24N2O8S. The van der Waals surface area contributed by atoms with Crippen molar-refractivity contribution in [2.75, 3.05) is 34.1 Å². The van der Waals surface area contributed by atoms with Gasteiger partial charge in [0.2, 0.25) is 0 Å². The number of pyridine rings is 2. The molecule has 0 atom stereocenters. The van der Waals surface area contributed by atoms with Gasteiger partial charge in [-0.2, -0.15) is 8.42 Å². The SMILES string of the molecule is COCOc1ccc(CO)nc1.COCOc1ccc(COS(C)(=O)=O)nc1. The normalized spacial score (nSPS) is 10.7. The Morgan fingerprint density at radius 3 is 1.75 bits per heavy atom. The van der Waals surface area contributed by atoms with E-state index in [-0.39, 0.29) is 26.8 Å². The van der Waals surface area contributed by atoms with Gasteiger partial charge in [0, 0.05) is 14.2 Å². The van der Waals surface area contributed by atoms with Crippen LogP contribution in [-0.2, 0) is 37.0 Å². The first-order chi connectivity index (χ1) is 13.4. The van der Waals surface area contributed by atoms with Gasteiger partial charge in [-0.05, 0) is 24.3 Å². The number of hydrogen-bond acceptors (Lipinski definition) is 10. The summed E-state index contributed by atoms with van der Waals surface area (Å²) in [5.74, 6) is 1.18. The second-order valence-corrected chi connectivity index (χ2v) is 6.84. The summed E-state index contributed by atoms with van der Waals surface area (Å²) in [7, 11) is -0.371. The molecular weight excluding hydrogens is 392 g/mol. The van der Waals surface area contributed by atoms with Crippen molar-refractivity contribution in [3.63, 3.8) is 0 Å². The van der Waals surface area contributed by atoms with E-state index in [4.69, 9.17) is 24.1 Å². The highest BCUT2D eigenvalue weighted by Crippen LogP contribution is 2.10. The van der Waals surface area contributed by atoms with Crippen LogP contribution in [-0.4, -0.2) is 57.6 Å². The van der Waals surface area contributed by atoms with Crippen molar-refractivity contribution >= 4 is 10.1 Å². The molecule has 0 aliphatic carbocycles. The molecule has 0 aliphatic heterocycles. The summed E-state index contributed by atoms with van der Waals surface area (Å²) >= 11 is 0. The van der Waals surface area contributed by atoms with Crippen LogP contribution in [0.3, 0.4) is 0 Å². The van der Waals surface area contributed by atoms with Crippen molar-refractivity contribution in [2.45, 2.75) is 13.2 Å². The van der Waals surface area contributed by atoms with E-state index >= 15 is 0 Å². The van der Waals surface area contributed by atoms with Crippen molar-refractivity contribution in [3.8, 4) is 11.5 Å². The van der Waals surface area contributed by atoms with Gasteiger partial charge in [0.15, 0.2) is 13.6 Å². The monoisotopic (exact) mass is 416 g/mol. The van der Waals surface area contributed by atoms with Gasteiger partial charge in [-0.1, -0.05) is 0 Å². The first-order valence-corrected chi connectivity index (χ1v) is 9.78. The summed E-state index contributed by atoms with van der Waals surface area (Å²) in [6, 6.07) is 6.71. The number of nitrogens with zero attached hydrogens (tertiary/aromatic N) is 2. The highest BCUT2D eigenvalue weighted by Gasteiger charge is 2.03. The quantitative estimate of drug-likeness (QED) is 0.444. The molecule has 28 heavy (non-hydrogen) atoms. The molecule has 2 aromatic rings. The summed E-state index contributed by atoms with van der Waals surface area (Å²) in [6.45, 7) is 0.217. The molecule has 0 amide bonds. The van der Waals surface area contributed by atoms with Crippen LogP contribution in [0.4, 0.5) is 0 Å². The summed E-state index contributed by atoms with van der Waals surface area (Å²) in [5, 5.41) is 8.68. The lowest BCUT2D eigenvalue weighted by Crippen LogP contribution is -2.04. The Balaban J connectivity index is 0.000000292. The zero-order chi connectivity index (χ0) is 20.8. The lowest BCUT2D eigenvalue weighted by molar-refractivity contribution is 0.0506. The molecule has 2 rings (SSSR count). The number of hydrogen-bond donors (Lipinski definition) is 1. The van der Waals surface area contributed by atoms with Crippen LogP contribution in [0.15, 0.2) is 36.7 Å². The van der Waals surface area contributed by atoms with Crippen LogP contribution in [0.25, 0.3) is 0 Å². The lowest BCUT2D eigenvalue weighted by atomic mass is 10.3. The predicted molar refractivity (Wildman–Crippen MR) is 99.0 cm³/mol. The molecule has 10 nitrogen and oxygen atoms in total. The van der Waals surface area contributed by atoms with E-state index in [2.05, 4.69) is 14.2 Å². The average Bonchev–Trinajstić information content (AvgIpc) is 2.70. The predicted octanol–water partition coefficient (Wildman–Crippen LogP) is 1.10. The molecule has 0 spiro atoms. The van der Waals surface area contributed by atoms with Crippen molar-refractivity contribution in [2.24, 2.45) is 0 Å².